The molecule has 0 aliphatic carbocycles. The van der Waals surface area contributed by atoms with Crippen LogP contribution in [0.15, 0.2) is 18.2 Å². The maximum atomic E-state index is 5.94. The Morgan fingerprint density at radius 1 is 1.47 bits per heavy atom. The van der Waals surface area contributed by atoms with Crippen molar-refractivity contribution in [2.24, 2.45) is 0 Å². The van der Waals surface area contributed by atoms with Crippen LogP contribution in [-0.2, 0) is 17.7 Å². The lowest BCUT2D eigenvalue weighted by Crippen LogP contribution is -2.33. The smallest absolute Gasteiger partial charge is 0.0589 e. The number of fused-ring (bicyclic) bond motifs is 1. The first-order valence-electron chi connectivity index (χ1n) is 5.39. The monoisotopic (exact) mass is 206 g/mol. The minimum atomic E-state index is 0.803. The van der Waals surface area contributed by atoms with Crippen LogP contribution in [-0.4, -0.2) is 31.7 Å². The number of ether oxygens (including phenoxy) is 1. The fourth-order valence-corrected chi connectivity index (χ4v) is 2.11. The topological polar surface area (TPSA) is 38.5 Å². The SMILES string of the molecule is COCCN1CCc2c(N)cccc2C1. The normalized spacial score (nSPS) is 16.3. The van der Waals surface area contributed by atoms with E-state index in [2.05, 4.69) is 11.0 Å². The molecule has 0 amide bonds. The number of hydrogen-bond donors (Lipinski definition) is 1. The molecule has 3 nitrogen and oxygen atoms in total. The zero-order chi connectivity index (χ0) is 10.7. The summed E-state index contributed by atoms with van der Waals surface area (Å²) < 4.78 is 5.09. The summed E-state index contributed by atoms with van der Waals surface area (Å²) in [6.45, 7) is 3.90. The van der Waals surface area contributed by atoms with Crippen LogP contribution in [0.3, 0.4) is 0 Å². The second-order valence-electron chi connectivity index (χ2n) is 4.00. The lowest BCUT2D eigenvalue weighted by Gasteiger charge is -2.29. The molecule has 0 saturated carbocycles. The van der Waals surface area contributed by atoms with E-state index in [-0.39, 0.29) is 0 Å². The van der Waals surface area contributed by atoms with E-state index in [9.17, 15) is 0 Å². The van der Waals surface area contributed by atoms with Gasteiger partial charge in [-0.15, -0.1) is 0 Å². The van der Waals surface area contributed by atoms with Gasteiger partial charge < -0.3 is 10.5 Å². The van der Waals surface area contributed by atoms with E-state index < -0.39 is 0 Å². The Labute approximate surface area is 90.8 Å². The zero-order valence-electron chi connectivity index (χ0n) is 9.20. The first kappa shape index (κ1) is 10.5. The molecule has 0 spiro atoms. The predicted molar refractivity (Wildman–Crippen MR) is 61.7 cm³/mol. The molecule has 0 aromatic heterocycles. The average Bonchev–Trinajstić information content (AvgIpc) is 2.26. The summed E-state index contributed by atoms with van der Waals surface area (Å²) in [4.78, 5) is 2.41. The van der Waals surface area contributed by atoms with Crippen LogP contribution >= 0.6 is 0 Å². The van der Waals surface area contributed by atoms with Crippen LogP contribution in [0.2, 0.25) is 0 Å². The molecule has 0 bridgehead atoms. The molecule has 82 valence electrons. The van der Waals surface area contributed by atoms with E-state index in [1.165, 1.54) is 11.1 Å². The number of rotatable bonds is 3. The molecule has 0 radical (unpaired) electrons. The lowest BCUT2D eigenvalue weighted by molar-refractivity contribution is 0.141. The van der Waals surface area contributed by atoms with Crippen molar-refractivity contribution in [3.8, 4) is 0 Å². The Bertz CT molecular complexity index is 338. The van der Waals surface area contributed by atoms with Crippen molar-refractivity contribution in [3.05, 3.63) is 29.3 Å². The number of methoxy groups -OCH3 is 1. The second-order valence-corrected chi connectivity index (χ2v) is 4.00. The Morgan fingerprint density at radius 3 is 3.13 bits per heavy atom. The van der Waals surface area contributed by atoms with Crippen LogP contribution in [0.5, 0.6) is 0 Å². The number of nitrogens with zero attached hydrogens (tertiary/aromatic N) is 1. The largest absolute Gasteiger partial charge is 0.398 e. The van der Waals surface area contributed by atoms with E-state index in [0.29, 0.717) is 0 Å². The van der Waals surface area contributed by atoms with Crippen LogP contribution in [0.25, 0.3) is 0 Å². The quantitative estimate of drug-likeness (QED) is 0.757. The Balaban J connectivity index is 2.07. The van der Waals surface area contributed by atoms with Gasteiger partial charge in [-0.25, -0.2) is 0 Å². The van der Waals surface area contributed by atoms with Crippen LogP contribution in [0, 0.1) is 0 Å². The molecule has 0 atom stereocenters. The molecule has 0 saturated heterocycles. The maximum absolute atomic E-state index is 5.94. The third-order valence-corrected chi connectivity index (χ3v) is 2.99. The van der Waals surface area contributed by atoms with Crippen molar-refractivity contribution >= 4 is 5.69 Å². The molecule has 1 aliphatic heterocycles. The molecule has 15 heavy (non-hydrogen) atoms. The fraction of sp³-hybridized carbons (Fsp3) is 0.500. The van der Waals surface area contributed by atoms with Crippen molar-refractivity contribution in [3.63, 3.8) is 0 Å². The maximum Gasteiger partial charge on any atom is 0.0589 e. The minimum Gasteiger partial charge on any atom is -0.398 e. The van der Waals surface area contributed by atoms with Gasteiger partial charge in [0.25, 0.3) is 0 Å². The van der Waals surface area contributed by atoms with Crippen LogP contribution in [0.1, 0.15) is 11.1 Å². The lowest BCUT2D eigenvalue weighted by atomic mass is 9.98. The van der Waals surface area contributed by atoms with Gasteiger partial charge in [-0.3, -0.25) is 4.90 Å². The molecule has 3 heteroatoms. The summed E-state index contributed by atoms with van der Waals surface area (Å²) in [7, 11) is 1.75. The molecule has 1 aromatic carbocycles. The standard InChI is InChI=1S/C12H18N2O/c1-15-8-7-14-6-5-11-10(9-14)3-2-4-12(11)13/h2-4H,5-9,13H2,1H3. The van der Waals surface area contributed by atoms with E-state index in [1.54, 1.807) is 7.11 Å². The van der Waals surface area contributed by atoms with Crippen molar-refractivity contribution in [2.45, 2.75) is 13.0 Å². The Kier molecular flexibility index (Phi) is 3.23. The Hall–Kier alpha value is -1.06. The van der Waals surface area contributed by atoms with Gasteiger partial charge in [-0.05, 0) is 23.6 Å². The summed E-state index contributed by atoms with van der Waals surface area (Å²) in [6, 6.07) is 6.20. The second kappa shape index (κ2) is 4.64. The Morgan fingerprint density at radius 2 is 2.33 bits per heavy atom. The third-order valence-electron chi connectivity index (χ3n) is 2.99. The number of nitrogens with two attached hydrogens (primary N) is 1. The van der Waals surface area contributed by atoms with Crippen molar-refractivity contribution in [1.82, 2.24) is 4.90 Å². The van der Waals surface area contributed by atoms with Crippen molar-refractivity contribution < 1.29 is 4.74 Å². The molecular weight excluding hydrogens is 188 g/mol. The van der Waals surface area contributed by atoms with Gasteiger partial charge in [-0.1, -0.05) is 12.1 Å². The molecule has 1 aromatic rings. The molecule has 0 unspecified atom stereocenters. The summed E-state index contributed by atoms with van der Waals surface area (Å²) in [5, 5.41) is 0. The fourth-order valence-electron chi connectivity index (χ4n) is 2.11. The molecule has 0 fully saturated rings. The number of hydrogen-bond acceptors (Lipinski definition) is 3. The van der Waals surface area contributed by atoms with E-state index >= 15 is 0 Å². The van der Waals surface area contributed by atoms with Gasteiger partial charge in [-0.2, -0.15) is 0 Å². The molecule has 2 N–H and O–H groups in total. The molecule has 1 heterocycles. The number of benzene rings is 1. The van der Waals surface area contributed by atoms with Crippen molar-refractivity contribution in [1.29, 1.82) is 0 Å². The van der Waals surface area contributed by atoms with Gasteiger partial charge in [0.2, 0.25) is 0 Å². The first-order chi connectivity index (χ1) is 7.31. The van der Waals surface area contributed by atoms with E-state index in [4.69, 9.17) is 10.5 Å². The average molecular weight is 206 g/mol. The van der Waals surface area contributed by atoms with Gasteiger partial charge >= 0.3 is 0 Å². The van der Waals surface area contributed by atoms with Gasteiger partial charge in [0.15, 0.2) is 0 Å². The summed E-state index contributed by atoms with van der Waals surface area (Å²) in [5.74, 6) is 0. The van der Waals surface area contributed by atoms with E-state index in [1.807, 2.05) is 12.1 Å². The number of anilines is 1. The van der Waals surface area contributed by atoms with Crippen LogP contribution < -0.4 is 5.73 Å². The van der Waals surface area contributed by atoms with Crippen LogP contribution in [0.4, 0.5) is 5.69 Å². The summed E-state index contributed by atoms with van der Waals surface area (Å²) in [5.41, 5.74) is 9.60. The zero-order valence-corrected chi connectivity index (χ0v) is 9.20. The van der Waals surface area contributed by atoms with E-state index in [0.717, 1.165) is 38.3 Å². The third kappa shape index (κ3) is 2.30. The number of nitrogen functional groups attached to an aromatic ring is 1. The minimum absolute atomic E-state index is 0.803. The highest BCUT2D eigenvalue weighted by Gasteiger charge is 2.16. The summed E-state index contributed by atoms with van der Waals surface area (Å²) in [6.07, 6.45) is 1.06. The highest BCUT2D eigenvalue weighted by atomic mass is 16.5. The van der Waals surface area contributed by atoms with Crippen molar-refractivity contribution in [2.75, 3.05) is 32.5 Å². The van der Waals surface area contributed by atoms with Gasteiger partial charge in [0, 0.05) is 32.4 Å². The highest BCUT2D eigenvalue weighted by Crippen LogP contribution is 2.23. The molecule has 2 rings (SSSR count). The predicted octanol–water partition coefficient (Wildman–Crippen LogP) is 1.27. The van der Waals surface area contributed by atoms with Gasteiger partial charge in [0.05, 0.1) is 6.61 Å². The van der Waals surface area contributed by atoms with Gasteiger partial charge in [0.1, 0.15) is 0 Å². The molecule has 1 aliphatic rings. The highest BCUT2D eigenvalue weighted by molar-refractivity contribution is 5.51. The summed E-state index contributed by atoms with van der Waals surface area (Å²) >= 11 is 0. The first-order valence-corrected chi connectivity index (χ1v) is 5.39. The molecular formula is C12H18N2O.